The van der Waals surface area contributed by atoms with Gasteiger partial charge in [-0.2, -0.15) is 11.8 Å². The molecule has 1 atom stereocenters. The predicted molar refractivity (Wildman–Crippen MR) is 71.1 cm³/mol. The van der Waals surface area contributed by atoms with Crippen molar-refractivity contribution < 1.29 is 0 Å². The number of likely N-dealkylation sites (N-methyl/N-ethyl adjacent to an activating group) is 1. The lowest BCUT2D eigenvalue weighted by atomic mass is 9.96. The van der Waals surface area contributed by atoms with Crippen LogP contribution in [0.5, 0.6) is 0 Å². The molecular formula is C12H18ClNS. The third-order valence-electron chi connectivity index (χ3n) is 2.44. The molecule has 1 rings (SSSR count). The SMILES string of the molecule is CNCC(CCSC)c1cccc(Cl)c1. The van der Waals surface area contributed by atoms with Gasteiger partial charge in [-0.15, -0.1) is 0 Å². The summed E-state index contributed by atoms with van der Waals surface area (Å²) >= 11 is 7.89. The monoisotopic (exact) mass is 243 g/mol. The number of hydrogen-bond donors (Lipinski definition) is 1. The number of benzene rings is 1. The van der Waals surface area contributed by atoms with Gasteiger partial charge in [0, 0.05) is 11.6 Å². The van der Waals surface area contributed by atoms with E-state index in [2.05, 4.69) is 23.7 Å². The molecule has 84 valence electrons. The van der Waals surface area contributed by atoms with Crippen LogP contribution >= 0.6 is 23.4 Å². The Morgan fingerprint density at radius 3 is 2.87 bits per heavy atom. The summed E-state index contributed by atoms with van der Waals surface area (Å²) in [6.07, 6.45) is 3.34. The molecule has 0 saturated heterocycles. The number of nitrogens with one attached hydrogen (secondary N) is 1. The quantitative estimate of drug-likeness (QED) is 0.822. The summed E-state index contributed by atoms with van der Waals surface area (Å²) in [5.41, 5.74) is 1.34. The molecule has 0 heterocycles. The second-order valence-corrected chi connectivity index (χ2v) is 5.01. The molecule has 3 heteroatoms. The molecular weight excluding hydrogens is 226 g/mol. The Kier molecular flexibility index (Phi) is 6.15. The lowest BCUT2D eigenvalue weighted by molar-refractivity contribution is 0.616. The van der Waals surface area contributed by atoms with Crippen LogP contribution in [0.4, 0.5) is 0 Å². The zero-order valence-electron chi connectivity index (χ0n) is 9.29. The first kappa shape index (κ1) is 12.9. The van der Waals surface area contributed by atoms with Crippen LogP contribution in [0.25, 0.3) is 0 Å². The van der Waals surface area contributed by atoms with Crippen LogP contribution < -0.4 is 5.32 Å². The Morgan fingerprint density at radius 2 is 2.27 bits per heavy atom. The highest BCUT2D eigenvalue weighted by Gasteiger charge is 2.10. The van der Waals surface area contributed by atoms with Gasteiger partial charge in [0.25, 0.3) is 0 Å². The van der Waals surface area contributed by atoms with Crippen LogP contribution in [0.2, 0.25) is 5.02 Å². The van der Waals surface area contributed by atoms with E-state index in [-0.39, 0.29) is 0 Å². The van der Waals surface area contributed by atoms with E-state index in [4.69, 9.17) is 11.6 Å². The van der Waals surface area contributed by atoms with E-state index in [0.29, 0.717) is 5.92 Å². The molecule has 0 aliphatic heterocycles. The van der Waals surface area contributed by atoms with E-state index in [9.17, 15) is 0 Å². The minimum absolute atomic E-state index is 0.571. The fourth-order valence-electron chi connectivity index (χ4n) is 1.65. The Bertz CT molecular complexity index is 291. The normalized spacial score (nSPS) is 12.7. The van der Waals surface area contributed by atoms with Gasteiger partial charge < -0.3 is 5.32 Å². The lowest BCUT2D eigenvalue weighted by Gasteiger charge is -2.16. The van der Waals surface area contributed by atoms with E-state index < -0.39 is 0 Å². The summed E-state index contributed by atoms with van der Waals surface area (Å²) in [5, 5.41) is 4.07. The standard InChI is InChI=1S/C12H18ClNS/c1-14-9-11(6-7-15-2)10-4-3-5-12(13)8-10/h3-5,8,11,14H,6-7,9H2,1-2H3. The van der Waals surface area contributed by atoms with Gasteiger partial charge in [0.2, 0.25) is 0 Å². The Balaban J connectivity index is 2.69. The van der Waals surface area contributed by atoms with Crippen molar-refractivity contribution in [3.8, 4) is 0 Å². The van der Waals surface area contributed by atoms with Crippen molar-refractivity contribution in [2.45, 2.75) is 12.3 Å². The largest absolute Gasteiger partial charge is 0.319 e. The third-order valence-corrected chi connectivity index (χ3v) is 3.32. The molecule has 0 aliphatic rings. The molecule has 1 N–H and O–H groups in total. The second-order valence-electron chi connectivity index (χ2n) is 3.59. The zero-order valence-corrected chi connectivity index (χ0v) is 10.9. The van der Waals surface area contributed by atoms with E-state index in [1.165, 1.54) is 17.7 Å². The van der Waals surface area contributed by atoms with E-state index >= 15 is 0 Å². The lowest BCUT2D eigenvalue weighted by Crippen LogP contribution is -2.17. The average Bonchev–Trinajstić information content (AvgIpc) is 2.24. The summed E-state index contributed by atoms with van der Waals surface area (Å²) < 4.78 is 0. The summed E-state index contributed by atoms with van der Waals surface area (Å²) in [4.78, 5) is 0. The summed E-state index contributed by atoms with van der Waals surface area (Å²) in [6, 6.07) is 8.19. The topological polar surface area (TPSA) is 12.0 Å². The molecule has 0 radical (unpaired) electrons. The van der Waals surface area contributed by atoms with Gasteiger partial charge in [0.05, 0.1) is 0 Å². The molecule has 0 aliphatic carbocycles. The van der Waals surface area contributed by atoms with Gasteiger partial charge in [-0.1, -0.05) is 23.7 Å². The van der Waals surface area contributed by atoms with Crippen molar-refractivity contribution in [1.82, 2.24) is 5.32 Å². The number of halogens is 1. The predicted octanol–water partition coefficient (Wildman–Crippen LogP) is 3.40. The van der Waals surface area contributed by atoms with E-state index in [0.717, 1.165) is 11.6 Å². The average molecular weight is 244 g/mol. The Hall–Kier alpha value is -0.180. The fourth-order valence-corrected chi connectivity index (χ4v) is 2.37. The van der Waals surface area contributed by atoms with Gasteiger partial charge >= 0.3 is 0 Å². The van der Waals surface area contributed by atoms with Crippen LogP contribution in [0.3, 0.4) is 0 Å². The maximum absolute atomic E-state index is 6.00. The fraction of sp³-hybridized carbons (Fsp3) is 0.500. The number of thioether (sulfide) groups is 1. The molecule has 1 unspecified atom stereocenters. The van der Waals surface area contributed by atoms with Crippen LogP contribution in [0.15, 0.2) is 24.3 Å². The molecule has 1 aromatic carbocycles. The Morgan fingerprint density at radius 1 is 1.47 bits per heavy atom. The number of hydrogen-bond acceptors (Lipinski definition) is 2. The molecule has 0 fully saturated rings. The number of rotatable bonds is 6. The molecule has 1 aromatic rings. The van der Waals surface area contributed by atoms with Crippen LogP contribution in [0, 0.1) is 0 Å². The molecule has 0 bridgehead atoms. The first-order valence-corrected chi connectivity index (χ1v) is 6.94. The van der Waals surface area contributed by atoms with Crippen molar-refractivity contribution in [2.24, 2.45) is 0 Å². The molecule has 0 saturated carbocycles. The Labute approximate surface area is 102 Å². The summed E-state index contributed by atoms with van der Waals surface area (Å²) in [7, 11) is 2.00. The van der Waals surface area contributed by atoms with Gasteiger partial charge in [0.1, 0.15) is 0 Å². The maximum atomic E-state index is 6.00. The van der Waals surface area contributed by atoms with Crippen molar-refractivity contribution in [1.29, 1.82) is 0 Å². The van der Waals surface area contributed by atoms with Gasteiger partial charge in [0.15, 0.2) is 0 Å². The maximum Gasteiger partial charge on any atom is 0.0408 e. The second kappa shape index (κ2) is 7.15. The highest BCUT2D eigenvalue weighted by Crippen LogP contribution is 2.23. The van der Waals surface area contributed by atoms with Gasteiger partial charge in [-0.25, -0.2) is 0 Å². The van der Waals surface area contributed by atoms with Crippen molar-refractivity contribution >= 4 is 23.4 Å². The summed E-state index contributed by atoms with van der Waals surface area (Å²) in [6.45, 7) is 1.01. The molecule has 0 amide bonds. The molecule has 15 heavy (non-hydrogen) atoms. The van der Waals surface area contributed by atoms with Crippen LogP contribution in [-0.2, 0) is 0 Å². The van der Waals surface area contributed by atoms with Gasteiger partial charge in [-0.05, 0) is 49.1 Å². The first-order valence-electron chi connectivity index (χ1n) is 5.17. The van der Waals surface area contributed by atoms with Crippen molar-refractivity contribution in [3.63, 3.8) is 0 Å². The molecule has 0 aromatic heterocycles. The van der Waals surface area contributed by atoms with E-state index in [1.54, 1.807) is 0 Å². The zero-order chi connectivity index (χ0) is 11.1. The minimum atomic E-state index is 0.571. The van der Waals surface area contributed by atoms with Crippen molar-refractivity contribution in [3.05, 3.63) is 34.9 Å². The van der Waals surface area contributed by atoms with Crippen molar-refractivity contribution in [2.75, 3.05) is 25.6 Å². The first-order chi connectivity index (χ1) is 7.27. The molecule has 0 spiro atoms. The third kappa shape index (κ3) is 4.45. The van der Waals surface area contributed by atoms with Crippen LogP contribution in [0.1, 0.15) is 17.9 Å². The molecule has 1 nitrogen and oxygen atoms in total. The highest BCUT2D eigenvalue weighted by molar-refractivity contribution is 7.98. The van der Waals surface area contributed by atoms with Gasteiger partial charge in [-0.3, -0.25) is 0 Å². The highest BCUT2D eigenvalue weighted by atomic mass is 35.5. The summed E-state index contributed by atoms with van der Waals surface area (Å²) in [5.74, 6) is 1.76. The smallest absolute Gasteiger partial charge is 0.0408 e. The van der Waals surface area contributed by atoms with E-state index in [1.807, 2.05) is 30.9 Å². The minimum Gasteiger partial charge on any atom is -0.319 e. The van der Waals surface area contributed by atoms with Crippen LogP contribution in [-0.4, -0.2) is 25.6 Å².